The second-order valence-electron chi connectivity index (χ2n) is 10.7. The number of furan rings is 1. The number of fused-ring (bicyclic) bond motifs is 3. The Hall–Kier alpha value is -3.37. The summed E-state index contributed by atoms with van der Waals surface area (Å²) in [6.07, 6.45) is 3.75. The van der Waals surface area contributed by atoms with Crippen LogP contribution < -0.4 is 5.19 Å². The summed E-state index contributed by atoms with van der Waals surface area (Å²) in [4.78, 5) is 8.90. The smallest absolute Gasteiger partial charge is 0.120 e. The standard InChI is InChI=1S/C20H18NOSi.C14H14N.Ir/c1-23(2,3)18-12-7-11-17-19(18)15-9-6-8-14(20(15)22-17)16-10-4-5-13-21-16;1-11(2)13-8-9-14(15-10-13)12-6-4-3-5-7-12;/h4-7,9-13H,1-3H3;3-6,8-11H,1-2H3;/q2*-1;. The zero-order valence-corrected chi connectivity index (χ0v) is 26.3. The Morgan fingerprint density at radius 3 is 2.23 bits per heavy atom. The molecule has 0 aliphatic rings. The van der Waals surface area contributed by atoms with E-state index in [1.165, 1.54) is 16.1 Å². The summed E-state index contributed by atoms with van der Waals surface area (Å²) in [5.41, 5.74) is 6.97. The van der Waals surface area contributed by atoms with Gasteiger partial charge >= 0.3 is 0 Å². The minimum absolute atomic E-state index is 0. The largest absolute Gasteiger partial charge is 0.501 e. The van der Waals surface area contributed by atoms with Crippen LogP contribution in [0, 0.1) is 12.1 Å². The zero-order valence-electron chi connectivity index (χ0n) is 23.0. The predicted molar refractivity (Wildman–Crippen MR) is 161 cm³/mol. The summed E-state index contributed by atoms with van der Waals surface area (Å²) < 4.78 is 6.22. The van der Waals surface area contributed by atoms with Crippen molar-refractivity contribution >= 4 is 35.2 Å². The Kier molecular flexibility index (Phi) is 8.96. The van der Waals surface area contributed by atoms with E-state index < -0.39 is 8.07 Å². The Morgan fingerprint density at radius 2 is 1.59 bits per heavy atom. The average Bonchev–Trinajstić information content (AvgIpc) is 3.33. The second-order valence-corrected chi connectivity index (χ2v) is 15.8. The van der Waals surface area contributed by atoms with Crippen LogP contribution in [0.5, 0.6) is 0 Å². The van der Waals surface area contributed by atoms with E-state index in [-0.39, 0.29) is 20.1 Å². The Labute approximate surface area is 245 Å². The third-order valence-corrected chi connectivity index (χ3v) is 8.66. The maximum Gasteiger partial charge on any atom is 0.120 e. The van der Waals surface area contributed by atoms with Crippen LogP contribution in [-0.4, -0.2) is 18.0 Å². The Bertz CT molecular complexity index is 1660. The van der Waals surface area contributed by atoms with Gasteiger partial charge in [-0.25, -0.2) is 0 Å². The van der Waals surface area contributed by atoms with Gasteiger partial charge in [-0.05, 0) is 35.0 Å². The molecule has 0 bridgehead atoms. The molecule has 199 valence electrons. The molecule has 3 aromatic carbocycles. The molecule has 0 N–H and O–H groups in total. The van der Waals surface area contributed by atoms with Crippen molar-refractivity contribution in [1.82, 2.24) is 9.97 Å². The van der Waals surface area contributed by atoms with E-state index in [1.807, 2.05) is 54.7 Å². The van der Waals surface area contributed by atoms with E-state index in [2.05, 4.69) is 92.0 Å². The zero-order chi connectivity index (χ0) is 26.7. The summed E-state index contributed by atoms with van der Waals surface area (Å²) in [6, 6.07) is 35.0. The first-order valence-electron chi connectivity index (χ1n) is 13.0. The van der Waals surface area contributed by atoms with E-state index in [4.69, 9.17) is 4.42 Å². The molecule has 0 saturated carbocycles. The molecule has 0 amide bonds. The number of hydrogen-bond donors (Lipinski definition) is 0. The van der Waals surface area contributed by atoms with Crippen LogP contribution in [0.3, 0.4) is 0 Å². The maximum atomic E-state index is 6.22. The molecule has 3 heterocycles. The van der Waals surface area contributed by atoms with Gasteiger partial charge in [-0.15, -0.1) is 54.1 Å². The summed E-state index contributed by atoms with van der Waals surface area (Å²) in [6.45, 7) is 11.5. The fourth-order valence-electron chi connectivity index (χ4n) is 4.58. The van der Waals surface area contributed by atoms with Gasteiger partial charge in [0.15, 0.2) is 0 Å². The van der Waals surface area contributed by atoms with E-state index in [0.717, 1.165) is 39.1 Å². The quantitative estimate of drug-likeness (QED) is 0.136. The van der Waals surface area contributed by atoms with Crippen molar-refractivity contribution in [1.29, 1.82) is 0 Å². The van der Waals surface area contributed by atoms with Crippen molar-refractivity contribution < 1.29 is 24.5 Å². The van der Waals surface area contributed by atoms with Crippen LogP contribution in [0.15, 0.2) is 102 Å². The van der Waals surface area contributed by atoms with Crippen molar-refractivity contribution in [2.75, 3.05) is 0 Å². The van der Waals surface area contributed by atoms with Gasteiger partial charge in [0.1, 0.15) is 5.58 Å². The van der Waals surface area contributed by atoms with Crippen molar-refractivity contribution in [3.63, 3.8) is 0 Å². The van der Waals surface area contributed by atoms with Crippen LogP contribution in [0.25, 0.3) is 44.5 Å². The summed E-state index contributed by atoms with van der Waals surface area (Å²) in [5, 5.41) is 3.86. The van der Waals surface area contributed by atoms with Gasteiger partial charge in [-0.3, -0.25) is 0 Å². The van der Waals surface area contributed by atoms with Gasteiger partial charge in [0.2, 0.25) is 0 Å². The van der Waals surface area contributed by atoms with Crippen LogP contribution in [-0.2, 0) is 20.1 Å². The predicted octanol–water partition coefficient (Wildman–Crippen LogP) is 8.66. The van der Waals surface area contributed by atoms with Gasteiger partial charge in [-0.1, -0.05) is 86.0 Å². The van der Waals surface area contributed by atoms with Crippen LogP contribution in [0.1, 0.15) is 25.3 Å². The molecule has 3 nitrogen and oxygen atoms in total. The molecule has 0 spiro atoms. The van der Waals surface area contributed by atoms with E-state index in [0.29, 0.717) is 5.92 Å². The normalized spacial score (nSPS) is 11.2. The molecular formula is C34H32IrN2OSi-2. The number of pyridine rings is 2. The molecule has 0 aliphatic carbocycles. The second kappa shape index (κ2) is 12.2. The molecule has 0 fully saturated rings. The van der Waals surface area contributed by atoms with Crippen LogP contribution in [0.4, 0.5) is 0 Å². The van der Waals surface area contributed by atoms with Crippen molar-refractivity contribution in [3.8, 4) is 22.5 Å². The maximum absolute atomic E-state index is 6.22. The number of aromatic nitrogens is 2. The molecule has 3 aromatic heterocycles. The minimum atomic E-state index is -1.46. The van der Waals surface area contributed by atoms with Gasteiger partial charge in [0.05, 0.1) is 13.7 Å². The fourth-order valence-corrected chi connectivity index (χ4v) is 6.18. The molecule has 39 heavy (non-hydrogen) atoms. The first-order chi connectivity index (χ1) is 18.3. The molecular weight excluding hydrogens is 673 g/mol. The van der Waals surface area contributed by atoms with Crippen molar-refractivity contribution in [2.45, 2.75) is 39.4 Å². The van der Waals surface area contributed by atoms with E-state index in [9.17, 15) is 0 Å². The average molecular weight is 705 g/mol. The Morgan fingerprint density at radius 1 is 0.769 bits per heavy atom. The Balaban J connectivity index is 0.000000192. The summed E-state index contributed by atoms with van der Waals surface area (Å²) in [7, 11) is -1.46. The van der Waals surface area contributed by atoms with Gasteiger partial charge in [-0.2, -0.15) is 0 Å². The molecule has 1 radical (unpaired) electrons. The number of nitrogens with zero attached hydrogens (tertiary/aromatic N) is 2. The first kappa shape index (κ1) is 28.6. The number of benzene rings is 3. The van der Waals surface area contributed by atoms with Crippen molar-refractivity contribution in [3.05, 3.63) is 115 Å². The third kappa shape index (κ3) is 6.28. The van der Waals surface area contributed by atoms with Crippen LogP contribution >= 0.6 is 0 Å². The molecule has 0 saturated heterocycles. The van der Waals surface area contributed by atoms with Crippen LogP contribution in [0.2, 0.25) is 19.6 Å². The monoisotopic (exact) mass is 705 g/mol. The molecule has 6 aromatic rings. The van der Waals surface area contributed by atoms with Crippen molar-refractivity contribution in [2.24, 2.45) is 0 Å². The molecule has 5 heteroatoms. The minimum Gasteiger partial charge on any atom is -0.501 e. The number of rotatable bonds is 4. The topological polar surface area (TPSA) is 38.9 Å². The van der Waals surface area contributed by atoms with Gasteiger partial charge in [0, 0.05) is 37.9 Å². The first-order valence-corrected chi connectivity index (χ1v) is 16.5. The molecule has 0 aliphatic heterocycles. The van der Waals surface area contributed by atoms with Gasteiger partial charge < -0.3 is 14.4 Å². The SMILES string of the molecule is CC(C)c1ccc(-c2[c-]cccc2)nc1.C[Si](C)(C)c1cccc2oc3c(-c4ccccn4)[c-]ccc3c12.[Ir]. The van der Waals surface area contributed by atoms with E-state index in [1.54, 1.807) is 6.20 Å². The molecule has 0 atom stereocenters. The fraction of sp³-hybridized carbons (Fsp3) is 0.176. The third-order valence-electron chi connectivity index (χ3n) is 6.62. The molecule has 0 unspecified atom stereocenters. The van der Waals surface area contributed by atoms with E-state index >= 15 is 0 Å². The summed E-state index contributed by atoms with van der Waals surface area (Å²) in [5.74, 6) is 0.534. The number of hydrogen-bond acceptors (Lipinski definition) is 3. The summed E-state index contributed by atoms with van der Waals surface area (Å²) >= 11 is 0. The van der Waals surface area contributed by atoms with Gasteiger partial charge in [0.25, 0.3) is 0 Å². The molecule has 6 rings (SSSR count).